The van der Waals surface area contributed by atoms with Gasteiger partial charge in [0.25, 0.3) is 0 Å². The molecule has 3 fully saturated rings. The van der Waals surface area contributed by atoms with E-state index in [0.717, 1.165) is 50.5 Å². The van der Waals surface area contributed by atoms with Crippen LogP contribution in [0.4, 0.5) is 0 Å². The van der Waals surface area contributed by atoms with Gasteiger partial charge in [-0.3, -0.25) is 4.79 Å². The zero-order valence-electron chi connectivity index (χ0n) is 14.8. The third kappa shape index (κ3) is 3.35. The van der Waals surface area contributed by atoms with E-state index in [1.54, 1.807) is 0 Å². The SMILES string of the molecule is Cc1nc(C2(CC3CC3)CCCN(C(=O)CC3CCCC3)C2)no1. The Hall–Kier alpha value is -1.39. The van der Waals surface area contributed by atoms with Gasteiger partial charge >= 0.3 is 0 Å². The average Bonchev–Trinajstić information content (AvgIpc) is 3.04. The van der Waals surface area contributed by atoms with Crippen LogP contribution in [0.5, 0.6) is 0 Å². The van der Waals surface area contributed by atoms with E-state index in [-0.39, 0.29) is 5.41 Å². The average molecular weight is 331 g/mol. The first-order chi connectivity index (χ1) is 11.6. The topological polar surface area (TPSA) is 59.2 Å². The summed E-state index contributed by atoms with van der Waals surface area (Å²) in [7, 11) is 0. The van der Waals surface area contributed by atoms with Crippen molar-refractivity contribution in [3.8, 4) is 0 Å². The minimum Gasteiger partial charge on any atom is -0.342 e. The molecule has 1 unspecified atom stereocenters. The summed E-state index contributed by atoms with van der Waals surface area (Å²) in [5.41, 5.74) is -0.0808. The Kier molecular flexibility index (Phi) is 4.35. The second kappa shape index (κ2) is 6.49. The van der Waals surface area contributed by atoms with Gasteiger partial charge in [0, 0.05) is 26.4 Å². The highest BCUT2D eigenvalue weighted by Crippen LogP contribution is 2.45. The first kappa shape index (κ1) is 16.1. The molecule has 0 radical (unpaired) electrons. The standard InChI is InChI=1S/C19H29N3O2/c1-14-20-18(21-24-14)19(12-16-7-8-16)9-4-10-22(13-19)17(23)11-15-5-2-3-6-15/h15-16H,2-13H2,1H3. The molecule has 24 heavy (non-hydrogen) atoms. The molecule has 1 aromatic heterocycles. The van der Waals surface area contributed by atoms with Crippen LogP contribution >= 0.6 is 0 Å². The number of rotatable bonds is 5. The van der Waals surface area contributed by atoms with E-state index in [1.165, 1.54) is 38.5 Å². The van der Waals surface area contributed by atoms with Crippen LogP contribution < -0.4 is 0 Å². The van der Waals surface area contributed by atoms with Crippen molar-refractivity contribution in [3.63, 3.8) is 0 Å². The molecule has 1 aliphatic heterocycles. The lowest BCUT2D eigenvalue weighted by Crippen LogP contribution is -2.49. The highest BCUT2D eigenvalue weighted by Gasteiger charge is 2.45. The molecule has 5 nitrogen and oxygen atoms in total. The van der Waals surface area contributed by atoms with Crippen molar-refractivity contribution in [2.24, 2.45) is 11.8 Å². The molecule has 0 bridgehead atoms. The van der Waals surface area contributed by atoms with Gasteiger partial charge < -0.3 is 9.42 Å². The van der Waals surface area contributed by atoms with Crippen molar-refractivity contribution >= 4 is 5.91 Å². The first-order valence-corrected chi connectivity index (χ1v) is 9.73. The Bertz CT molecular complexity index is 589. The molecule has 1 atom stereocenters. The van der Waals surface area contributed by atoms with E-state index >= 15 is 0 Å². The summed E-state index contributed by atoms with van der Waals surface area (Å²) in [6.45, 7) is 3.54. The van der Waals surface area contributed by atoms with Crippen LogP contribution in [0, 0.1) is 18.8 Å². The molecule has 0 spiro atoms. The lowest BCUT2D eigenvalue weighted by atomic mass is 9.74. The number of nitrogens with zero attached hydrogens (tertiary/aromatic N) is 3. The van der Waals surface area contributed by atoms with Gasteiger partial charge in [-0.05, 0) is 43.9 Å². The Morgan fingerprint density at radius 3 is 2.67 bits per heavy atom. The van der Waals surface area contributed by atoms with Crippen LogP contribution in [-0.2, 0) is 10.2 Å². The van der Waals surface area contributed by atoms with Crippen molar-refractivity contribution in [3.05, 3.63) is 11.7 Å². The van der Waals surface area contributed by atoms with Crippen LogP contribution in [0.1, 0.15) is 75.9 Å². The normalized spacial score (nSPS) is 28.5. The third-order valence-electron chi connectivity index (χ3n) is 6.25. The number of carbonyl (C=O) groups excluding carboxylic acids is 1. The summed E-state index contributed by atoms with van der Waals surface area (Å²) in [4.78, 5) is 19.5. The van der Waals surface area contributed by atoms with Gasteiger partial charge in [0.15, 0.2) is 5.82 Å². The fraction of sp³-hybridized carbons (Fsp3) is 0.842. The van der Waals surface area contributed by atoms with E-state index in [9.17, 15) is 4.79 Å². The molecule has 2 saturated carbocycles. The number of hydrogen-bond acceptors (Lipinski definition) is 4. The maximum atomic E-state index is 12.8. The molecule has 0 N–H and O–H groups in total. The smallest absolute Gasteiger partial charge is 0.223 e. The highest BCUT2D eigenvalue weighted by molar-refractivity contribution is 5.76. The predicted molar refractivity (Wildman–Crippen MR) is 90.4 cm³/mol. The number of piperidine rings is 1. The van der Waals surface area contributed by atoms with Gasteiger partial charge in [-0.25, -0.2) is 0 Å². The highest BCUT2D eigenvalue weighted by atomic mass is 16.5. The summed E-state index contributed by atoms with van der Waals surface area (Å²) in [5.74, 6) is 3.22. The van der Waals surface area contributed by atoms with Crippen LogP contribution in [0.3, 0.4) is 0 Å². The minimum absolute atomic E-state index is 0.0808. The molecule has 1 aromatic rings. The van der Waals surface area contributed by atoms with Crippen LogP contribution in [0.15, 0.2) is 4.52 Å². The molecule has 1 amide bonds. The Morgan fingerprint density at radius 1 is 1.21 bits per heavy atom. The molecule has 1 saturated heterocycles. The molecule has 4 rings (SSSR count). The second-order valence-electron chi connectivity index (χ2n) is 8.34. The predicted octanol–water partition coefficient (Wildman–Crippen LogP) is 3.62. The number of aryl methyl sites for hydroxylation is 1. The zero-order chi connectivity index (χ0) is 16.6. The number of aromatic nitrogens is 2. The number of carbonyl (C=O) groups is 1. The molecular weight excluding hydrogens is 302 g/mol. The molecule has 2 aliphatic carbocycles. The molecular formula is C19H29N3O2. The van der Waals surface area contributed by atoms with Crippen molar-refractivity contribution in [2.75, 3.05) is 13.1 Å². The quantitative estimate of drug-likeness (QED) is 0.827. The van der Waals surface area contributed by atoms with Crippen molar-refractivity contribution in [1.29, 1.82) is 0 Å². The van der Waals surface area contributed by atoms with Crippen molar-refractivity contribution in [2.45, 2.75) is 76.5 Å². The van der Waals surface area contributed by atoms with E-state index in [1.807, 2.05) is 6.92 Å². The Balaban J connectivity index is 1.50. The van der Waals surface area contributed by atoms with Gasteiger partial charge in [-0.1, -0.05) is 30.8 Å². The minimum atomic E-state index is -0.0808. The van der Waals surface area contributed by atoms with Gasteiger partial charge in [-0.15, -0.1) is 0 Å². The van der Waals surface area contributed by atoms with Gasteiger partial charge in [0.1, 0.15) is 0 Å². The van der Waals surface area contributed by atoms with E-state index in [4.69, 9.17) is 4.52 Å². The molecule has 2 heterocycles. The lowest BCUT2D eigenvalue weighted by Gasteiger charge is -2.41. The summed E-state index contributed by atoms with van der Waals surface area (Å²) in [6.07, 6.45) is 11.7. The molecule has 3 aliphatic rings. The number of amides is 1. The summed E-state index contributed by atoms with van der Waals surface area (Å²) >= 11 is 0. The fourth-order valence-electron chi connectivity index (χ4n) is 4.76. The van der Waals surface area contributed by atoms with Gasteiger partial charge in [-0.2, -0.15) is 4.98 Å². The zero-order valence-corrected chi connectivity index (χ0v) is 14.8. The summed E-state index contributed by atoms with van der Waals surface area (Å²) < 4.78 is 5.28. The molecule has 132 valence electrons. The van der Waals surface area contributed by atoms with Crippen LogP contribution in [-0.4, -0.2) is 34.0 Å². The largest absolute Gasteiger partial charge is 0.342 e. The van der Waals surface area contributed by atoms with Crippen molar-refractivity contribution < 1.29 is 9.32 Å². The Labute approximate surface area is 144 Å². The number of hydrogen-bond donors (Lipinski definition) is 0. The van der Waals surface area contributed by atoms with Crippen LogP contribution in [0.25, 0.3) is 0 Å². The van der Waals surface area contributed by atoms with Gasteiger partial charge in [0.2, 0.25) is 11.8 Å². The van der Waals surface area contributed by atoms with E-state index in [0.29, 0.717) is 17.7 Å². The Morgan fingerprint density at radius 2 is 2.00 bits per heavy atom. The van der Waals surface area contributed by atoms with E-state index < -0.39 is 0 Å². The lowest BCUT2D eigenvalue weighted by molar-refractivity contribution is -0.134. The number of likely N-dealkylation sites (tertiary alicyclic amines) is 1. The first-order valence-electron chi connectivity index (χ1n) is 9.73. The second-order valence-corrected chi connectivity index (χ2v) is 8.34. The maximum Gasteiger partial charge on any atom is 0.223 e. The van der Waals surface area contributed by atoms with E-state index in [2.05, 4.69) is 15.0 Å². The van der Waals surface area contributed by atoms with Gasteiger partial charge in [0.05, 0.1) is 5.41 Å². The third-order valence-corrected chi connectivity index (χ3v) is 6.25. The maximum absolute atomic E-state index is 12.8. The van der Waals surface area contributed by atoms with Crippen molar-refractivity contribution in [1.82, 2.24) is 15.0 Å². The monoisotopic (exact) mass is 331 g/mol. The molecule has 5 heteroatoms. The fourth-order valence-corrected chi connectivity index (χ4v) is 4.76. The summed E-state index contributed by atoms with van der Waals surface area (Å²) in [6, 6.07) is 0. The van der Waals surface area contributed by atoms with Crippen LogP contribution in [0.2, 0.25) is 0 Å². The molecule has 0 aromatic carbocycles. The summed E-state index contributed by atoms with van der Waals surface area (Å²) in [5, 5.41) is 4.27.